The molecule has 100 valence electrons. The number of carbonyl (C=O) groups is 1. The van der Waals surface area contributed by atoms with Gasteiger partial charge in [-0.25, -0.2) is 0 Å². The van der Waals surface area contributed by atoms with Crippen LogP contribution in [0.4, 0.5) is 0 Å². The lowest BCUT2D eigenvalue weighted by Gasteiger charge is -2.20. The summed E-state index contributed by atoms with van der Waals surface area (Å²) < 4.78 is 5.49. The van der Waals surface area contributed by atoms with E-state index in [0.29, 0.717) is 19.7 Å². The Morgan fingerprint density at radius 3 is 2.50 bits per heavy atom. The number of benzene rings is 1. The van der Waals surface area contributed by atoms with Gasteiger partial charge in [-0.05, 0) is 32.9 Å². The smallest absolute Gasteiger partial charge is 0.234 e. The standard InChI is InChI=1S/C14H22N2O2/c1-14(2,3)16-13(17)11-15-9-10-18-12-7-5-4-6-8-12/h4-8,15H,9-11H2,1-3H3,(H,16,17). The minimum atomic E-state index is -0.181. The number of rotatable bonds is 6. The number of amides is 1. The van der Waals surface area contributed by atoms with Gasteiger partial charge in [0.1, 0.15) is 12.4 Å². The van der Waals surface area contributed by atoms with Crippen molar-refractivity contribution in [1.29, 1.82) is 0 Å². The number of carbonyl (C=O) groups excluding carboxylic acids is 1. The van der Waals surface area contributed by atoms with Crippen molar-refractivity contribution in [2.45, 2.75) is 26.3 Å². The van der Waals surface area contributed by atoms with Crippen molar-refractivity contribution in [3.05, 3.63) is 30.3 Å². The Morgan fingerprint density at radius 1 is 1.22 bits per heavy atom. The molecule has 2 N–H and O–H groups in total. The van der Waals surface area contributed by atoms with Crippen LogP contribution in [0, 0.1) is 0 Å². The largest absolute Gasteiger partial charge is 0.492 e. The van der Waals surface area contributed by atoms with E-state index in [1.165, 1.54) is 0 Å². The molecule has 1 amide bonds. The summed E-state index contributed by atoms with van der Waals surface area (Å²) in [6.45, 7) is 7.39. The van der Waals surface area contributed by atoms with Crippen molar-refractivity contribution in [1.82, 2.24) is 10.6 Å². The zero-order chi connectivity index (χ0) is 13.4. The summed E-state index contributed by atoms with van der Waals surface area (Å²) in [6, 6.07) is 9.62. The molecule has 4 nitrogen and oxygen atoms in total. The molecule has 0 spiro atoms. The van der Waals surface area contributed by atoms with Gasteiger partial charge in [-0.3, -0.25) is 4.79 Å². The lowest BCUT2D eigenvalue weighted by molar-refractivity contribution is -0.121. The predicted octanol–water partition coefficient (Wildman–Crippen LogP) is 1.57. The van der Waals surface area contributed by atoms with Gasteiger partial charge in [0.2, 0.25) is 5.91 Å². The molecule has 0 bridgehead atoms. The average molecular weight is 250 g/mol. The second kappa shape index (κ2) is 7.01. The fraction of sp³-hybridized carbons (Fsp3) is 0.500. The van der Waals surface area contributed by atoms with Crippen LogP contribution in [0.2, 0.25) is 0 Å². The number of para-hydroxylation sites is 1. The third-order valence-corrected chi connectivity index (χ3v) is 2.09. The molecule has 0 atom stereocenters. The van der Waals surface area contributed by atoms with E-state index in [9.17, 15) is 4.79 Å². The lowest BCUT2D eigenvalue weighted by atomic mass is 10.1. The first kappa shape index (κ1) is 14.5. The van der Waals surface area contributed by atoms with Crippen LogP contribution in [-0.4, -0.2) is 31.1 Å². The maximum atomic E-state index is 11.5. The first-order chi connectivity index (χ1) is 8.47. The Hall–Kier alpha value is -1.55. The van der Waals surface area contributed by atoms with Crippen LogP contribution in [0.25, 0.3) is 0 Å². The Labute approximate surface area is 109 Å². The summed E-state index contributed by atoms with van der Waals surface area (Å²) >= 11 is 0. The average Bonchev–Trinajstić information content (AvgIpc) is 2.27. The number of hydrogen-bond acceptors (Lipinski definition) is 3. The fourth-order valence-electron chi connectivity index (χ4n) is 1.42. The van der Waals surface area contributed by atoms with E-state index in [4.69, 9.17) is 4.74 Å². The molecule has 0 unspecified atom stereocenters. The van der Waals surface area contributed by atoms with E-state index in [-0.39, 0.29) is 11.4 Å². The zero-order valence-corrected chi connectivity index (χ0v) is 11.3. The van der Waals surface area contributed by atoms with Gasteiger partial charge in [0.25, 0.3) is 0 Å². The summed E-state index contributed by atoms with van der Waals surface area (Å²) in [5.41, 5.74) is -0.181. The molecule has 18 heavy (non-hydrogen) atoms. The Morgan fingerprint density at radius 2 is 1.89 bits per heavy atom. The highest BCUT2D eigenvalue weighted by molar-refractivity contribution is 5.78. The van der Waals surface area contributed by atoms with Crippen LogP contribution in [0.5, 0.6) is 5.75 Å². The molecule has 0 aliphatic heterocycles. The van der Waals surface area contributed by atoms with Crippen LogP contribution in [0.1, 0.15) is 20.8 Å². The number of nitrogens with one attached hydrogen (secondary N) is 2. The number of ether oxygens (including phenoxy) is 1. The normalized spacial score (nSPS) is 11.1. The van der Waals surface area contributed by atoms with Crippen molar-refractivity contribution in [2.24, 2.45) is 0 Å². The van der Waals surface area contributed by atoms with E-state index in [1.54, 1.807) is 0 Å². The van der Waals surface area contributed by atoms with E-state index in [1.807, 2.05) is 51.1 Å². The SMILES string of the molecule is CC(C)(C)NC(=O)CNCCOc1ccccc1. The first-order valence-corrected chi connectivity index (χ1v) is 6.17. The summed E-state index contributed by atoms with van der Waals surface area (Å²) in [5.74, 6) is 0.848. The molecule has 0 heterocycles. The van der Waals surface area contributed by atoms with E-state index in [0.717, 1.165) is 5.75 Å². The monoisotopic (exact) mass is 250 g/mol. The van der Waals surface area contributed by atoms with E-state index < -0.39 is 0 Å². The fourth-order valence-corrected chi connectivity index (χ4v) is 1.42. The van der Waals surface area contributed by atoms with Crippen molar-refractivity contribution in [2.75, 3.05) is 19.7 Å². The van der Waals surface area contributed by atoms with Crippen LogP contribution < -0.4 is 15.4 Å². The van der Waals surface area contributed by atoms with Gasteiger partial charge in [0.05, 0.1) is 6.54 Å². The Bertz CT molecular complexity index is 358. The van der Waals surface area contributed by atoms with Gasteiger partial charge in [0, 0.05) is 12.1 Å². The first-order valence-electron chi connectivity index (χ1n) is 6.17. The van der Waals surface area contributed by atoms with Crippen LogP contribution in [0.15, 0.2) is 30.3 Å². The number of hydrogen-bond donors (Lipinski definition) is 2. The van der Waals surface area contributed by atoms with E-state index in [2.05, 4.69) is 10.6 Å². The quantitative estimate of drug-likeness (QED) is 0.754. The minimum Gasteiger partial charge on any atom is -0.492 e. The molecule has 0 fully saturated rings. The predicted molar refractivity (Wildman–Crippen MR) is 72.7 cm³/mol. The summed E-state index contributed by atoms with van der Waals surface area (Å²) in [6.07, 6.45) is 0. The summed E-state index contributed by atoms with van der Waals surface area (Å²) in [5, 5.41) is 5.93. The molecule has 0 radical (unpaired) electrons. The highest BCUT2D eigenvalue weighted by atomic mass is 16.5. The van der Waals surface area contributed by atoms with Gasteiger partial charge >= 0.3 is 0 Å². The third-order valence-electron chi connectivity index (χ3n) is 2.09. The zero-order valence-electron chi connectivity index (χ0n) is 11.3. The van der Waals surface area contributed by atoms with Crippen molar-refractivity contribution >= 4 is 5.91 Å². The van der Waals surface area contributed by atoms with Gasteiger partial charge < -0.3 is 15.4 Å². The maximum absolute atomic E-state index is 11.5. The Balaban J connectivity index is 2.07. The van der Waals surface area contributed by atoms with E-state index >= 15 is 0 Å². The van der Waals surface area contributed by atoms with Gasteiger partial charge in [-0.15, -0.1) is 0 Å². The summed E-state index contributed by atoms with van der Waals surface area (Å²) in [7, 11) is 0. The van der Waals surface area contributed by atoms with Crippen molar-refractivity contribution in [3.8, 4) is 5.75 Å². The van der Waals surface area contributed by atoms with Crippen molar-refractivity contribution in [3.63, 3.8) is 0 Å². The summed E-state index contributed by atoms with van der Waals surface area (Å²) in [4.78, 5) is 11.5. The molecular weight excluding hydrogens is 228 g/mol. The molecule has 0 saturated carbocycles. The third kappa shape index (κ3) is 6.91. The molecule has 0 aromatic heterocycles. The van der Waals surface area contributed by atoms with Crippen LogP contribution in [-0.2, 0) is 4.79 Å². The topological polar surface area (TPSA) is 50.4 Å². The molecule has 1 aromatic rings. The molecule has 0 aliphatic carbocycles. The van der Waals surface area contributed by atoms with Gasteiger partial charge in [0.15, 0.2) is 0 Å². The van der Waals surface area contributed by atoms with Crippen LogP contribution >= 0.6 is 0 Å². The highest BCUT2D eigenvalue weighted by Gasteiger charge is 2.12. The minimum absolute atomic E-state index is 0.00205. The molecule has 0 aliphatic rings. The van der Waals surface area contributed by atoms with Crippen molar-refractivity contribution < 1.29 is 9.53 Å². The lowest BCUT2D eigenvalue weighted by Crippen LogP contribution is -2.45. The van der Waals surface area contributed by atoms with Gasteiger partial charge in [-0.2, -0.15) is 0 Å². The van der Waals surface area contributed by atoms with Gasteiger partial charge in [-0.1, -0.05) is 18.2 Å². The maximum Gasteiger partial charge on any atom is 0.234 e. The highest BCUT2D eigenvalue weighted by Crippen LogP contribution is 2.07. The molecule has 1 aromatic carbocycles. The molecule has 0 saturated heterocycles. The molecular formula is C14H22N2O2. The second-order valence-electron chi connectivity index (χ2n) is 5.14. The Kier molecular flexibility index (Phi) is 5.65. The second-order valence-corrected chi connectivity index (χ2v) is 5.14. The van der Waals surface area contributed by atoms with Crippen LogP contribution in [0.3, 0.4) is 0 Å². The molecule has 4 heteroatoms. The molecule has 1 rings (SSSR count).